The normalized spacial score (nSPS) is 12.0. The molecule has 0 spiro atoms. The van der Waals surface area contributed by atoms with Gasteiger partial charge >= 0.3 is 0 Å². The topological polar surface area (TPSA) is 68.3 Å². The quantitative estimate of drug-likeness (QED) is 0.653. The summed E-state index contributed by atoms with van der Waals surface area (Å²) in [7, 11) is 0. The van der Waals surface area contributed by atoms with Crippen LogP contribution in [0, 0.1) is 0 Å². The van der Waals surface area contributed by atoms with E-state index in [2.05, 4.69) is 10.5 Å². The molecule has 0 aliphatic heterocycles. The molecular weight excluding hydrogens is 292 g/mol. The number of nitrogens with zero attached hydrogens (tertiary/aromatic N) is 1. The van der Waals surface area contributed by atoms with Crippen molar-refractivity contribution in [1.29, 1.82) is 0 Å². The van der Waals surface area contributed by atoms with E-state index in [0.29, 0.717) is 6.42 Å². The summed E-state index contributed by atoms with van der Waals surface area (Å²) in [4.78, 5) is 11.9. The van der Waals surface area contributed by atoms with Gasteiger partial charge in [-0.1, -0.05) is 12.1 Å². The molecule has 0 saturated heterocycles. The second-order valence-electron chi connectivity index (χ2n) is 5.27. The van der Waals surface area contributed by atoms with Gasteiger partial charge in [-0.2, -0.15) is 0 Å². The first-order valence-corrected chi connectivity index (χ1v) is 7.61. The summed E-state index contributed by atoms with van der Waals surface area (Å²) in [6, 6.07) is 12.7. The first kappa shape index (κ1) is 15.1. The van der Waals surface area contributed by atoms with Crippen molar-refractivity contribution in [3.63, 3.8) is 0 Å². The molecule has 0 bridgehead atoms. The Morgan fingerprint density at radius 2 is 2.00 bits per heavy atom. The predicted molar refractivity (Wildman–Crippen MR) is 86.4 cm³/mol. The van der Waals surface area contributed by atoms with Crippen LogP contribution in [0.15, 0.2) is 63.9 Å². The van der Waals surface area contributed by atoms with Gasteiger partial charge in [0.2, 0.25) is 0 Å². The third-order valence-corrected chi connectivity index (χ3v) is 3.58. The SMILES string of the molecule is CCCC(=O)c1ccc(NC(c2ccon2)c2ccco2)cc1. The van der Waals surface area contributed by atoms with E-state index in [4.69, 9.17) is 8.94 Å². The first-order valence-electron chi connectivity index (χ1n) is 7.61. The van der Waals surface area contributed by atoms with Gasteiger partial charge in [0.15, 0.2) is 5.78 Å². The van der Waals surface area contributed by atoms with Gasteiger partial charge in [-0.25, -0.2) is 0 Å². The second-order valence-corrected chi connectivity index (χ2v) is 5.27. The van der Waals surface area contributed by atoms with Crippen LogP contribution in [0.1, 0.15) is 47.6 Å². The molecule has 1 atom stereocenters. The number of nitrogens with one attached hydrogen (secondary N) is 1. The monoisotopic (exact) mass is 310 g/mol. The average molecular weight is 310 g/mol. The van der Waals surface area contributed by atoms with E-state index in [1.54, 1.807) is 12.3 Å². The van der Waals surface area contributed by atoms with Crippen LogP contribution in [0.5, 0.6) is 0 Å². The van der Waals surface area contributed by atoms with Gasteiger partial charge in [0.25, 0.3) is 0 Å². The Kier molecular flexibility index (Phi) is 4.57. The number of hydrogen-bond donors (Lipinski definition) is 1. The van der Waals surface area contributed by atoms with E-state index in [-0.39, 0.29) is 11.8 Å². The summed E-state index contributed by atoms with van der Waals surface area (Å²) >= 11 is 0. The van der Waals surface area contributed by atoms with Gasteiger partial charge in [-0.15, -0.1) is 0 Å². The molecule has 5 heteroatoms. The molecule has 2 aromatic heterocycles. The molecule has 0 saturated carbocycles. The molecule has 0 aliphatic carbocycles. The summed E-state index contributed by atoms with van der Waals surface area (Å²) in [5.74, 6) is 0.906. The summed E-state index contributed by atoms with van der Waals surface area (Å²) in [5.41, 5.74) is 2.34. The molecule has 0 amide bonds. The number of anilines is 1. The maximum Gasteiger partial charge on any atom is 0.162 e. The fraction of sp³-hybridized carbons (Fsp3) is 0.222. The van der Waals surface area contributed by atoms with Gasteiger partial charge in [0.1, 0.15) is 23.8 Å². The predicted octanol–water partition coefficient (Wildman–Crippen LogP) is 4.45. The van der Waals surface area contributed by atoms with Gasteiger partial charge < -0.3 is 14.3 Å². The number of Topliss-reactive ketones (excluding diaryl/α,β-unsaturated/α-hetero) is 1. The smallest absolute Gasteiger partial charge is 0.162 e. The number of rotatable bonds is 7. The van der Waals surface area contributed by atoms with Crippen molar-refractivity contribution in [3.05, 3.63) is 72.0 Å². The van der Waals surface area contributed by atoms with Crippen molar-refractivity contribution in [1.82, 2.24) is 5.16 Å². The van der Waals surface area contributed by atoms with Crippen molar-refractivity contribution >= 4 is 11.5 Å². The first-order chi connectivity index (χ1) is 11.3. The number of carbonyl (C=O) groups is 1. The lowest BCUT2D eigenvalue weighted by Gasteiger charge is -2.15. The van der Waals surface area contributed by atoms with Crippen LogP contribution in [0.4, 0.5) is 5.69 Å². The van der Waals surface area contributed by atoms with Crippen molar-refractivity contribution in [2.75, 3.05) is 5.32 Å². The van der Waals surface area contributed by atoms with Gasteiger partial charge in [0, 0.05) is 23.7 Å². The minimum atomic E-state index is -0.249. The van der Waals surface area contributed by atoms with E-state index in [0.717, 1.165) is 29.1 Å². The molecule has 5 nitrogen and oxygen atoms in total. The molecule has 1 unspecified atom stereocenters. The Bertz CT molecular complexity index is 697. The van der Waals surface area contributed by atoms with Gasteiger partial charge in [-0.05, 0) is 42.8 Å². The minimum absolute atomic E-state index is 0.165. The van der Waals surface area contributed by atoms with Crippen molar-refractivity contribution in [2.45, 2.75) is 25.8 Å². The van der Waals surface area contributed by atoms with Crippen LogP contribution in [0.3, 0.4) is 0 Å². The maximum absolute atomic E-state index is 11.9. The molecule has 118 valence electrons. The van der Waals surface area contributed by atoms with Crippen molar-refractivity contribution in [3.8, 4) is 0 Å². The standard InChI is InChI=1S/C18H18N2O3/c1-2-4-16(21)13-6-8-14(9-7-13)19-18(15-10-12-23-20-15)17-5-3-11-22-17/h3,5-12,18-19H,2,4H2,1H3. The number of ketones is 1. The van der Waals surface area contributed by atoms with Gasteiger partial charge in [0.05, 0.1) is 6.26 Å². The van der Waals surface area contributed by atoms with E-state index in [9.17, 15) is 4.79 Å². The zero-order valence-electron chi connectivity index (χ0n) is 12.9. The molecule has 0 radical (unpaired) electrons. The van der Waals surface area contributed by atoms with Crippen LogP contribution < -0.4 is 5.32 Å². The molecule has 3 aromatic rings. The molecular formula is C18H18N2O3. The zero-order chi connectivity index (χ0) is 16.1. The Balaban J connectivity index is 1.79. The van der Waals surface area contributed by atoms with Crippen LogP contribution in [-0.2, 0) is 0 Å². The fourth-order valence-corrected chi connectivity index (χ4v) is 2.41. The highest BCUT2D eigenvalue weighted by atomic mass is 16.5. The van der Waals surface area contributed by atoms with Crippen LogP contribution in [0.2, 0.25) is 0 Å². The summed E-state index contributed by atoms with van der Waals surface area (Å²) in [6.07, 6.45) is 4.57. The van der Waals surface area contributed by atoms with Crippen LogP contribution >= 0.6 is 0 Å². The lowest BCUT2D eigenvalue weighted by Crippen LogP contribution is -2.12. The van der Waals surface area contributed by atoms with E-state index in [1.807, 2.05) is 43.3 Å². The number of benzene rings is 1. The third-order valence-electron chi connectivity index (χ3n) is 3.58. The summed E-state index contributed by atoms with van der Waals surface area (Å²) in [5, 5.41) is 7.34. The molecule has 3 rings (SSSR count). The fourth-order valence-electron chi connectivity index (χ4n) is 2.41. The molecule has 1 N–H and O–H groups in total. The highest BCUT2D eigenvalue weighted by Gasteiger charge is 2.19. The van der Waals surface area contributed by atoms with E-state index in [1.165, 1.54) is 6.26 Å². The van der Waals surface area contributed by atoms with Gasteiger partial charge in [-0.3, -0.25) is 4.79 Å². The lowest BCUT2D eigenvalue weighted by atomic mass is 10.1. The highest BCUT2D eigenvalue weighted by Crippen LogP contribution is 2.26. The number of furan rings is 1. The molecule has 0 aliphatic rings. The largest absolute Gasteiger partial charge is 0.467 e. The van der Waals surface area contributed by atoms with E-state index >= 15 is 0 Å². The molecule has 0 fully saturated rings. The third kappa shape index (κ3) is 3.51. The van der Waals surface area contributed by atoms with Crippen molar-refractivity contribution < 1.29 is 13.7 Å². The molecule has 1 aromatic carbocycles. The highest BCUT2D eigenvalue weighted by molar-refractivity contribution is 5.96. The summed E-state index contributed by atoms with van der Waals surface area (Å²) in [6.45, 7) is 2.00. The Hall–Kier alpha value is -2.82. The molecule has 2 heterocycles. The van der Waals surface area contributed by atoms with E-state index < -0.39 is 0 Å². The van der Waals surface area contributed by atoms with Crippen molar-refractivity contribution in [2.24, 2.45) is 0 Å². The Morgan fingerprint density at radius 1 is 1.17 bits per heavy atom. The Labute approximate surface area is 134 Å². The number of aromatic nitrogens is 1. The summed E-state index contributed by atoms with van der Waals surface area (Å²) < 4.78 is 10.4. The minimum Gasteiger partial charge on any atom is -0.467 e. The van der Waals surface area contributed by atoms with Crippen LogP contribution in [0.25, 0.3) is 0 Å². The Morgan fingerprint density at radius 3 is 2.61 bits per heavy atom. The second kappa shape index (κ2) is 6.96. The number of carbonyl (C=O) groups excluding carboxylic acids is 1. The maximum atomic E-state index is 11.9. The van der Waals surface area contributed by atoms with Crippen LogP contribution in [-0.4, -0.2) is 10.9 Å². The molecule has 23 heavy (non-hydrogen) atoms. The average Bonchev–Trinajstić information content (AvgIpc) is 3.27. The number of hydrogen-bond acceptors (Lipinski definition) is 5. The lowest BCUT2D eigenvalue weighted by molar-refractivity contribution is 0.0982. The zero-order valence-corrected chi connectivity index (χ0v) is 12.9.